The summed E-state index contributed by atoms with van der Waals surface area (Å²) in [6, 6.07) is 31.3. The molecular formula is C35H30N2O4. The van der Waals surface area contributed by atoms with Gasteiger partial charge in [0.25, 0.3) is 0 Å². The average Bonchev–Trinajstić information content (AvgIpc) is 3.28. The minimum atomic E-state index is -0.905. The Bertz CT molecular complexity index is 1630. The lowest BCUT2D eigenvalue weighted by Crippen LogP contribution is -2.54. The Kier molecular flexibility index (Phi) is 6.00. The first-order valence-electron chi connectivity index (χ1n) is 14.2. The van der Waals surface area contributed by atoms with E-state index < -0.39 is 17.3 Å². The average molecular weight is 543 g/mol. The topological polar surface area (TPSA) is 68.2 Å². The second-order valence-electron chi connectivity index (χ2n) is 10.6. The van der Waals surface area contributed by atoms with Gasteiger partial charge < -0.3 is 9.47 Å². The molecule has 0 spiro atoms. The van der Waals surface area contributed by atoms with Crippen molar-refractivity contribution in [2.75, 3.05) is 18.1 Å². The van der Waals surface area contributed by atoms with Crippen LogP contribution in [0, 0.1) is 11.8 Å². The van der Waals surface area contributed by atoms with E-state index in [1.54, 1.807) is 12.1 Å². The molecule has 1 heterocycles. The van der Waals surface area contributed by atoms with Crippen molar-refractivity contribution in [3.63, 3.8) is 0 Å². The van der Waals surface area contributed by atoms with Gasteiger partial charge in [-0.25, -0.2) is 4.90 Å². The smallest absolute Gasteiger partial charge is 0.239 e. The molecule has 1 saturated heterocycles. The van der Waals surface area contributed by atoms with Crippen molar-refractivity contribution >= 4 is 29.4 Å². The molecule has 4 aliphatic rings. The van der Waals surface area contributed by atoms with Crippen molar-refractivity contribution < 1.29 is 19.1 Å². The quantitative estimate of drug-likeness (QED) is 0.199. The minimum absolute atomic E-state index is 0.169. The van der Waals surface area contributed by atoms with Crippen LogP contribution in [0.5, 0.6) is 11.5 Å². The predicted octanol–water partition coefficient (Wildman–Crippen LogP) is 6.44. The minimum Gasteiger partial charge on any atom is -0.494 e. The number of aliphatic imine (C=N–C) groups is 1. The van der Waals surface area contributed by atoms with Crippen LogP contribution >= 0.6 is 0 Å². The number of hydrogen-bond acceptors (Lipinski definition) is 5. The number of anilines is 1. The number of hydrogen-bond donors (Lipinski definition) is 0. The Balaban J connectivity index is 1.41. The lowest BCUT2D eigenvalue weighted by atomic mass is 9.47. The summed E-state index contributed by atoms with van der Waals surface area (Å²) in [5, 5.41) is 0. The third kappa shape index (κ3) is 3.67. The van der Waals surface area contributed by atoms with Gasteiger partial charge >= 0.3 is 0 Å². The van der Waals surface area contributed by atoms with Crippen molar-refractivity contribution in [1.29, 1.82) is 0 Å². The predicted molar refractivity (Wildman–Crippen MR) is 158 cm³/mol. The molecule has 204 valence electrons. The van der Waals surface area contributed by atoms with E-state index in [1.165, 1.54) is 4.90 Å². The van der Waals surface area contributed by atoms with E-state index in [-0.39, 0.29) is 17.7 Å². The third-order valence-electron chi connectivity index (χ3n) is 8.65. The first-order chi connectivity index (χ1) is 20.1. The number of amides is 2. The van der Waals surface area contributed by atoms with Crippen LogP contribution in [-0.4, -0.2) is 31.2 Å². The zero-order valence-electron chi connectivity index (χ0n) is 23.0. The van der Waals surface area contributed by atoms with Crippen LogP contribution in [0.25, 0.3) is 0 Å². The molecule has 8 rings (SSSR count). The van der Waals surface area contributed by atoms with E-state index in [0.29, 0.717) is 24.7 Å². The first-order valence-corrected chi connectivity index (χ1v) is 14.2. The highest BCUT2D eigenvalue weighted by molar-refractivity contribution is 6.25. The third-order valence-corrected chi connectivity index (χ3v) is 8.65. The molecule has 4 aromatic carbocycles. The van der Waals surface area contributed by atoms with Crippen molar-refractivity contribution in [3.8, 4) is 11.5 Å². The zero-order chi connectivity index (χ0) is 28.1. The number of benzene rings is 4. The van der Waals surface area contributed by atoms with Gasteiger partial charge in [-0.2, -0.15) is 0 Å². The van der Waals surface area contributed by atoms with E-state index in [9.17, 15) is 9.59 Å². The standard InChI is InChI=1S/C35H30N2O4/c1-3-40-24-17-13-22(14-18-24)36-21-35-28-11-7-5-9-26(28)30(27-10-6-8-12-29(27)35)31-32(35)34(39)37(33(31)38)23-15-19-25(20-16-23)41-4-2/h5-21,30-32H,3-4H2,1-2H3/t30?,31-,32+,35?/m0/s1. The molecule has 1 aliphatic heterocycles. The molecule has 0 radical (unpaired) electrons. The number of rotatable bonds is 7. The van der Waals surface area contributed by atoms with Gasteiger partial charge in [-0.15, -0.1) is 0 Å². The summed E-state index contributed by atoms with van der Waals surface area (Å²) in [5.41, 5.74) is 4.65. The highest BCUT2D eigenvalue weighted by atomic mass is 16.5. The fourth-order valence-electron chi connectivity index (χ4n) is 7.13. The van der Waals surface area contributed by atoms with E-state index >= 15 is 0 Å². The maximum absolute atomic E-state index is 14.5. The van der Waals surface area contributed by atoms with E-state index in [4.69, 9.17) is 14.5 Å². The van der Waals surface area contributed by atoms with Gasteiger partial charge in [-0.3, -0.25) is 14.6 Å². The molecule has 0 N–H and O–H groups in total. The highest BCUT2D eigenvalue weighted by Gasteiger charge is 2.67. The van der Waals surface area contributed by atoms with Gasteiger partial charge in [0.1, 0.15) is 11.5 Å². The second-order valence-corrected chi connectivity index (χ2v) is 10.6. The number of imide groups is 1. The summed E-state index contributed by atoms with van der Waals surface area (Å²) in [5.74, 6) is -0.258. The summed E-state index contributed by atoms with van der Waals surface area (Å²) < 4.78 is 11.2. The van der Waals surface area contributed by atoms with Crippen molar-refractivity contribution in [2.24, 2.45) is 16.8 Å². The largest absolute Gasteiger partial charge is 0.494 e. The molecule has 6 heteroatoms. The highest BCUT2D eigenvalue weighted by Crippen LogP contribution is 2.63. The Hall–Kier alpha value is -4.71. The summed E-state index contributed by atoms with van der Waals surface area (Å²) in [7, 11) is 0. The van der Waals surface area contributed by atoms with Crippen LogP contribution in [0.1, 0.15) is 42.0 Å². The Morgan fingerprint density at radius 2 is 1.27 bits per heavy atom. The van der Waals surface area contributed by atoms with Gasteiger partial charge in [0.2, 0.25) is 11.8 Å². The van der Waals surface area contributed by atoms with Crippen molar-refractivity contribution in [1.82, 2.24) is 0 Å². The van der Waals surface area contributed by atoms with Gasteiger partial charge in [-0.05, 0) is 84.6 Å². The molecule has 2 atom stereocenters. The fourth-order valence-corrected chi connectivity index (χ4v) is 7.13. The van der Waals surface area contributed by atoms with Crippen LogP contribution in [0.2, 0.25) is 0 Å². The summed E-state index contributed by atoms with van der Waals surface area (Å²) in [6.07, 6.45) is 1.92. The van der Waals surface area contributed by atoms with Gasteiger partial charge in [0.05, 0.1) is 41.8 Å². The Morgan fingerprint density at radius 3 is 1.83 bits per heavy atom. The summed E-state index contributed by atoms with van der Waals surface area (Å²) in [6.45, 7) is 5.00. The maximum atomic E-state index is 14.5. The Labute approximate surface area is 239 Å². The van der Waals surface area contributed by atoms with Crippen LogP contribution < -0.4 is 14.4 Å². The molecule has 6 nitrogen and oxygen atoms in total. The number of carbonyl (C=O) groups is 2. The van der Waals surface area contributed by atoms with Gasteiger partial charge in [-0.1, -0.05) is 48.5 Å². The lowest BCUT2D eigenvalue weighted by molar-refractivity contribution is -0.122. The normalized spacial score (nSPS) is 23.9. The molecule has 0 aromatic heterocycles. The molecule has 2 amide bonds. The number of carbonyl (C=O) groups excluding carboxylic acids is 2. The van der Waals surface area contributed by atoms with Crippen LogP contribution in [0.15, 0.2) is 102 Å². The van der Waals surface area contributed by atoms with E-state index in [1.807, 2.05) is 80.7 Å². The van der Waals surface area contributed by atoms with Gasteiger partial charge in [0, 0.05) is 12.1 Å². The molecular weight excluding hydrogens is 512 g/mol. The van der Waals surface area contributed by atoms with Crippen LogP contribution in [0.4, 0.5) is 11.4 Å². The zero-order valence-corrected chi connectivity index (χ0v) is 23.0. The molecule has 1 fully saturated rings. The van der Waals surface area contributed by atoms with E-state index in [0.717, 1.165) is 33.7 Å². The molecule has 41 heavy (non-hydrogen) atoms. The monoisotopic (exact) mass is 542 g/mol. The number of nitrogens with zero attached hydrogens (tertiary/aromatic N) is 2. The lowest BCUT2D eigenvalue weighted by Gasteiger charge is -2.52. The first kappa shape index (κ1) is 25.3. The molecule has 0 unspecified atom stereocenters. The number of ether oxygens (including phenoxy) is 2. The van der Waals surface area contributed by atoms with Crippen molar-refractivity contribution in [2.45, 2.75) is 25.2 Å². The maximum Gasteiger partial charge on any atom is 0.239 e. The second kappa shape index (κ2) is 9.73. The van der Waals surface area contributed by atoms with E-state index in [2.05, 4.69) is 24.3 Å². The fraction of sp³-hybridized carbons (Fsp3) is 0.229. The SMILES string of the molecule is CCOc1ccc(N=CC23c4ccccc4C(c4ccccc42)[C@@H]2C(=O)N(c4ccc(OCC)cc4)C(=O)[C@@H]23)cc1. The molecule has 4 aromatic rings. The van der Waals surface area contributed by atoms with Crippen LogP contribution in [-0.2, 0) is 15.0 Å². The van der Waals surface area contributed by atoms with Crippen molar-refractivity contribution in [3.05, 3.63) is 119 Å². The summed E-state index contributed by atoms with van der Waals surface area (Å²) >= 11 is 0. The molecule has 3 aliphatic carbocycles. The van der Waals surface area contributed by atoms with Gasteiger partial charge in [0.15, 0.2) is 0 Å². The van der Waals surface area contributed by atoms with Crippen LogP contribution in [0.3, 0.4) is 0 Å². The molecule has 2 bridgehead atoms. The molecule has 0 saturated carbocycles. The summed E-state index contributed by atoms with van der Waals surface area (Å²) in [4.78, 5) is 35.2. The Morgan fingerprint density at radius 1 is 0.732 bits per heavy atom.